The number of carbonyl (C=O) groups excluding carboxylic acids is 3. The van der Waals surface area contributed by atoms with Crippen molar-refractivity contribution in [2.75, 3.05) is 11.9 Å². The fourth-order valence-corrected chi connectivity index (χ4v) is 6.45. The minimum absolute atomic E-state index is 0.159. The number of hydrogen-bond acceptors (Lipinski definition) is 3. The van der Waals surface area contributed by atoms with Gasteiger partial charge in [-0.2, -0.15) is 0 Å². The van der Waals surface area contributed by atoms with Crippen LogP contribution in [-0.2, 0) is 14.4 Å². The van der Waals surface area contributed by atoms with Crippen molar-refractivity contribution in [2.24, 2.45) is 23.7 Å². The first kappa shape index (κ1) is 20.4. The normalized spacial score (nSPS) is 28.9. The van der Waals surface area contributed by atoms with Crippen LogP contribution >= 0.6 is 15.9 Å². The predicted octanol–water partition coefficient (Wildman–Crippen LogP) is 4.43. The molecule has 31 heavy (non-hydrogen) atoms. The number of amides is 3. The number of imide groups is 1. The van der Waals surface area contributed by atoms with Crippen LogP contribution in [0.5, 0.6) is 0 Å². The lowest BCUT2D eigenvalue weighted by Crippen LogP contribution is -2.39. The zero-order chi connectivity index (χ0) is 21.9. The van der Waals surface area contributed by atoms with E-state index in [2.05, 4.69) is 33.4 Å². The van der Waals surface area contributed by atoms with Gasteiger partial charge in [-0.3, -0.25) is 19.3 Å². The standard InChI is InChI=1S/C25H25BrN2O3/c1-13-14(2)20(9-8-19(13)26)27-21(29)12-28-24(30)22-16-10-17(15-6-4-3-5-7-15)18(11-16)23(22)25(28)31/h3-9,16-18,22-23H,10-12H2,1-2H3,(H,27,29)/t16-,17-,18+,22+,23-/m0/s1. The molecule has 2 aromatic rings. The highest BCUT2D eigenvalue weighted by Crippen LogP contribution is 2.61. The van der Waals surface area contributed by atoms with Gasteiger partial charge in [0.2, 0.25) is 17.7 Å². The summed E-state index contributed by atoms with van der Waals surface area (Å²) in [7, 11) is 0. The van der Waals surface area contributed by atoms with Crippen molar-refractivity contribution in [2.45, 2.75) is 32.6 Å². The Hall–Kier alpha value is -2.47. The van der Waals surface area contributed by atoms with Crippen molar-refractivity contribution in [3.05, 3.63) is 63.6 Å². The lowest BCUT2D eigenvalue weighted by atomic mass is 9.73. The van der Waals surface area contributed by atoms with Crippen molar-refractivity contribution in [1.82, 2.24) is 4.90 Å². The van der Waals surface area contributed by atoms with Crippen LogP contribution in [0, 0.1) is 37.5 Å². The largest absolute Gasteiger partial charge is 0.324 e. The molecule has 1 heterocycles. The van der Waals surface area contributed by atoms with Gasteiger partial charge in [0.15, 0.2) is 0 Å². The van der Waals surface area contributed by atoms with Gasteiger partial charge in [-0.1, -0.05) is 46.3 Å². The Bertz CT molecular complexity index is 1080. The number of halogens is 1. The number of likely N-dealkylation sites (tertiary alicyclic amines) is 1. The molecule has 2 saturated carbocycles. The molecule has 3 amide bonds. The van der Waals surface area contributed by atoms with E-state index in [1.54, 1.807) is 0 Å². The average Bonchev–Trinajstić information content (AvgIpc) is 3.43. The van der Waals surface area contributed by atoms with E-state index < -0.39 is 0 Å². The van der Waals surface area contributed by atoms with Crippen molar-refractivity contribution >= 4 is 39.3 Å². The van der Waals surface area contributed by atoms with E-state index >= 15 is 0 Å². The van der Waals surface area contributed by atoms with Crippen LogP contribution in [0.3, 0.4) is 0 Å². The molecule has 5 rings (SSSR count). The van der Waals surface area contributed by atoms with E-state index in [1.165, 1.54) is 10.5 Å². The third-order valence-corrected chi connectivity index (χ3v) is 8.49. The summed E-state index contributed by atoms with van der Waals surface area (Å²) >= 11 is 3.49. The Kier molecular flexibility index (Phi) is 5.00. The van der Waals surface area contributed by atoms with E-state index in [0.29, 0.717) is 11.6 Å². The Labute approximate surface area is 190 Å². The van der Waals surface area contributed by atoms with Gasteiger partial charge in [0.1, 0.15) is 6.54 Å². The summed E-state index contributed by atoms with van der Waals surface area (Å²) in [6, 6.07) is 14.0. The molecule has 1 N–H and O–H groups in total. The molecule has 160 valence electrons. The minimum Gasteiger partial charge on any atom is -0.324 e. The molecule has 3 fully saturated rings. The van der Waals surface area contributed by atoms with Gasteiger partial charge in [0, 0.05) is 10.2 Å². The van der Waals surface area contributed by atoms with E-state index in [-0.39, 0.29) is 47.9 Å². The van der Waals surface area contributed by atoms with Crippen LogP contribution in [0.15, 0.2) is 46.9 Å². The third kappa shape index (κ3) is 3.23. The smallest absolute Gasteiger partial charge is 0.244 e. The molecule has 2 bridgehead atoms. The lowest BCUT2D eigenvalue weighted by molar-refractivity contribution is -0.143. The number of carbonyl (C=O) groups is 3. The molecule has 3 aliphatic rings. The molecule has 1 aliphatic heterocycles. The number of hydrogen-bond donors (Lipinski definition) is 1. The Morgan fingerprint density at radius 1 is 1.00 bits per heavy atom. The van der Waals surface area contributed by atoms with Crippen molar-refractivity contribution < 1.29 is 14.4 Å². The maximum atomic E-state index is 13.2. The Morgan fingerprint density at radius 2 is 1.71 bits per heavy atom. The van der Waals surface area contributed by atoms with Crippen LogP contribution < -0.4 is 5.32 Å². The molecule has 5 nitrogen and oxygen atoms in total. The van der Waals surface area contributed by atoms with Gasteiger partial charge in [-0.05, 0) is 73.3 Å². The van der Waals surface area contributed by atoms with Crippen LogP contribution in [0.4, 0.5) is 5.69 Å². The number of nitrogens with zero attached hydrogens (tertiary/aromatic N) is 1. The van der Waals surface area contributed by atoms with Gasteiger partial charge < -0.3 is 5.32 Å². The molecule has 5 atom stereocenters. The number of anilines is 1. The van der Waals surface area contributed by atoms with Gasteiger partial charge >= 0.3 is 0 Å². The van der Waals surface area contributed by atoms with E-state index in [9.17, 15) is 14.4 Å². The highest BCUT2D eigenvalue weighted by Gasteiger charge is 2.63. The zero-order valence-electron chi connectivity index (χ0n) is 17.6. The lowest BCUT2D eigenvalue weighted by Gasteiger charge is -2.28. The maximum absolute atomic E-state index is 13.2. The summed E-state index contributed by atoms with van der Waals surface area (Å²) < 4.78 is 0.976. The monoisotopic (exact) mass is 480 g/mol. The number of fused-ring (bicyclic) bond motifs is 5. The van der Waals surface area contributed by atoms with Crippen molar-refractivity contribution in [3.63, 3.8) is 0 Å². The molecule has 1 saturated heterocycles. The van der Waals surface area contributed by atoms with Crippen molar-refractivity contribution in [1.29, 1.82) is 0 Å². The summed E-state index contributed by atoms with van der Waals surface area (Å²) in [5.41, 5.74) is 3.96. The fraction of sp³-hybridized carbons (Fsp3) is 0.400. The second kappa shape index (κ2) is 7.59. The maximum Gasteiger partial charge on any atom is 0.244 e. The topological polar surface area (TPSA) is 66.5 Å². The van der Waals surface area contributed by atoms with Crippen molar-refractivity contribution in [3.8, 4) is 0 Å². The minimum atomic E-state index is -0.335. The Balaban J connectivity index is 1.32. The van der Waals surface area contributed by atoms with E-state index in [4.69, 9.17) is 0 Å². The molecule has 0 spiro atoms. The zero-order valence-corrected chi connectivity index (χ0v) is 19.2. The first-order valence-electron chi connectivity index (χ1n) is 10.8. The molecule has 0 unspecified atom stereocenters. The van der Waals surface area contributed by atoms with Gasteiger partial charge in [-0.25, -0.2) is 0 Å². The van der Waals surface area contributed by atoms with Gasteiger partial charge in [0.05, 0.1) is 11.8 Å². The highest BCUT2D eigenvalue weighted by molar-refractivity contribution is 9.10. The number of benzene rings is 2. The SMILES string of the molecule is Cc1c(Br)ccc(NC(=O)CN2C(=O)[C@@H]3[C@@H]4C[C@@H]([C@@H]3C2=O)[C@H](c2ccccc2)C4)c1C. The van der Waals surface area contributed by atoms with Crippen LogP contribution in [-0.4, -0.2) is 29.2 Å². The van der Waals surface area contributed by atoms with Crippen LogP contribution in [0.1, 0.15) is 35.4 Å². The van der Waals surface area contributed by atoms with E-state index in [1.807, 2.05) is 44.2 Å². The molecule has 2 aromatic carbocycles. The molecule has 6 heteroatoms. The summed E-state index contributed by atoms with van der Waals surface area (Å²) in [5.74, 6) is -0.429. The molecular formula is C25H25BrN2O3. The summed E-state index contributed by atoms with van der Waals surface area (Å²) in [6.07, 6.45) is 1.88. The average molecular weight is 481 g/mol. The highest BCUT2D eigenvalue weighted by atomic mass is 79.9. The fourth-order valence-electron chi connectivity index (χ4n) is 6.02. The Morgan fingerprint density at radius 3 is 2.45 bits per heavy atom. The third-order valence-electron chi connectivity index (χ3n) is 7.63. The second-order valence-electron chi connectivity index (χ2n) is 9.12. The first-order valence-corrected chi connectivity index (χ1v) is 11.6. The predicted molar refractivity (Wildman–Crippen MR) is 121 cm³/mol. The van der Waals surface area contributed by atoms with E-state index in [0.717, 1.165) is 28.4 Å². The second-order valence-corrected chi connectivity index (χ2v) is 9.97. The summed E-state index contributed by atoms with van der Waals surface area (Å²) in [5, 5.41) is 2.88. The van der Waals surface area contributed by atoms with Gasteiger partial charge in [-0.15, -0.1) is 0 Å². The molecule has 2 aliphatic carbocycles. The first-order chi connectivity index (χ1) is 14.9. The quantitative estimate of drug-likeness (QED) is 0.658. The van der Waals surface area contributed by atoms with Crippen LogP contribution in [0.25, 0.3) is 0 Å². The van der Waals surface area contributed by atoms with Crippen LogP contribution in [0.2, 0.25) is 0 Å². The molecule has 0 aromatic heterocycles. The number of nitrogens with one attached hydrogen (secondary N) is 1. The molecular weight excluding hydrogens is 456 g/mol. The van der Waals surface area contributed by atoms with Gasteiger partial charge in [0.25, 0.3) is 0 Å². The molecule has 0 radical (unpaired) electrons. The summed E-state index contributed by atoms with van der Waals surface area (Å²) in [6.45, 7) is 3.70. The number of rotatable bonds is 4. The summed E-state index contributed by atoms with van der Waals surface area (Å²) in [4.78, 5) is 40.3.